The largest absolute Gasteiger partial charge is 0.461 e. The fourth-order valence-electron chi connectivity index (χ4n) is 2.84. The number of ketones is 1. The third kappa shape index (κ3) is 1.90. The normalized spacial score (nSPS) is 22.8. The lowest BCUT2D eigenvalue weighted by molar-refractivity contribution is -0.122. The first kappa shape index (κ1) is 13.4. The number of Topliss-reactive ketones (excluding diaryl/α,β-unsaturated/α-hetero) is 1. The van der Waals surface area contributed by atoms with Crippen molar-refractivity contribution in [1.82, 2.24) is 5.43 Å². The molecule has 0 radical (unpaired) electrons. The van der Waals surface area contributed by atoms with E-state index < -0.39 is 29.6 Å². The van der Waals surface area contributed by atoms with Crippen molar-refractivity contribution in [2.45, 2.75) is 6.04 Å². The zero-order chi connectivity index (χ0) is 16.0. The second-order valence-electron chi connectivity index (χ2n) is 5.24. The van der Waals surface area contributed by atoms with Crippen molar-refractivity contribution in [1.29, 1.82) is 0 Å². The molecular weight excluding hydrogens is 298 g/mol. The predicted molar refractivity (Wildman–Crippen MR) is 79.8 cm³/mol. The summed E-state index contributed by atoms with van der Waals surface area (Å²) in [5.41, 5.74) is 3.08. The number of benzene rings is 1. The first-order chi connectivity index (χ1) is 11.2. The quantitative estimate of drug-likeness (QED) is 0.674. The van der Waals surface area contributed by atoms with Gasteiger partial charge in [-0.05, 0) is 24.3 Å². The van der Waals surface area contributed by atoms with E-state index in [0.717, 1.165) is 4.90 Å². The molecule has 0 spiro atoms. The number of carbonyl (C=O) groups is 3. The Morgan fingerprint density at radius 3 is 2.57 bits per heavy atom. The molecule has 2 aliphatic heterocycles. The van der Waals surface area contributed by atoms with Crippen LogP contribution in [-0.2, 0) is 9.59 Å². The molecule has 2 aliphatic rings. The SMILES string of the molecule is O=C(C1=NN[C@@H]2C(=O)N(c3ccccc3)C(=O)[C@@H]12)c1ccco1. The highest BCUT2D eigenvalue weighted by atomic mass is 16.3. The molecule has 7 heteroatoms. The molecular formula is C16H11N3O4. The number of hydrazone groups is 1. The number of hydrogen-bond acceptors (Lipinski definition) is 6. The lowest BCUT2D eigenvalue weighted by atomic mass is 9.95. The highest BCUT2D eigenvalue weighted by molar-refractivity contribution is 6.52. The number of hydrogen-bond donors (Lipinski definition) is 1. The standard InChI is InChI=1S/C16H11N3O4/c20-14(10-7-4-8-23-10)12-11-13(18-17-12)16(22)19(15(11)21)9-5-2-1-3-6-9/h1-8,11,13,18H/t11-,13-/m0/s1. The van der Waals surface area contributed by atoms with E-state index in [4.69, 9.17) is 4.42 Å². The summed E-state index contributed by atoms with van der Waals surface area (Å²) < 4.78 is 5.06. The molecule has 2 amide bonds. The van der Waals surface area contributed by atoms with Crippen molar-refractivity contribution in [2.24, 2.45) is 11.0 Å². The summed E-state index contributed by atoms with van der Waals surface area (Å²) in [5, 5.41) is 3.89. The molecule has 1 aromatic carbocycles. The Labute approximate surface area is 130 Å². The fraction of sp³-hybridized carbons (Fsp3) is 0.125. The van der Waals surface area contributed by atoms with Gasteiger partial charge in [0.25, 0.3) is 5.91 Å². The fourth-order valence-corrected chi connectivity index (χ4v) is 2.84. The molecule has 0 aliphatic carbocycles. The monoisotopic (exact) mass is 309 g/mol. The molecule has 1 fully saturated rings. The van der Waals surface area contributed by atoms with Crippen LogP contribution in [0, 0.1) is 5.92 Å². The Bertz CT molecular complexity index is 826. The Kier molecular flexibility index (Phi) is 2.87. The number of rotatable bonds is 3. The molecule has 0 bridgehead atoms. The third-order valence-corrected chi connectivity index (χ3v) is 3.92. The van der Waals surface area contributed by atoms with Crippen molar-refractivity contribution in [2.75, 3.05) is 4.90 Å². The highest BCUT2D eigenvalue weighted by Gasteiger charge is 2.55. The van der Waals surface area contributed by atoms with Crippen molar-refractivity contribution < 1.29 is 18.8 Å². The van der Waals surface area contributed by atoms with Gasteiger partial charge in [0.1, 0.15) is 17.7 Å². The lowest BCUT2D eigenvalue weighted by Crippen LogP contribution is -2.36. The van der Waals surface area contributed by atoms with Crippen molar-refractivity contribution in [3.8, 4) is 0 Å². The lowest BCUT2D eigenvalue weighted by Gasteiger charge is -2.15. The van der Waals surface area contributed by atoms with Gasteiger partial charge in [0, 0.05) is 0 Å². The van der Waals surface area contributed by atoms with Crippen molar-refractivity contribution >= 4 is 29.0 Å². The summed E-state index contributed by atoms with van der Waals surface area (Å²) in [4.78, 5) is 38.7. The van der Waals surface area contributed by atoms with E-state index in [2.05, 4.69) is 10.5 Å². The Morgan fingerprint density at radius 2 is 1.87 bits per heavy atom. The maximum atomic E-state index is 12.7. The number of furan rings is 1. The van der Waals surface area contributed by atoms with E-state index in [9.17, 15) is 14.4 Å². The first-order valence-corrected chi connectivity index (χ1v) is 7.02. The number of anilines is 1. The van der Waals surface area contributed by atoms with Crippen LogP contribution in [-0.4, -0.2) is 29.4 Å². The van der Waals surface area contributed by atoms with E-state index in [-0.39, 0.29) is 11.5 Å². The van der Waals surface area contributed by atoms with Gasteiger partial charge in [0.2, 0.25) is 11.7 Å². The van der Waals surface area contributed by atoms with Crippen LogP contribution in [0.3, 0.4) is 0 Å². The Morgan fingerprint density at radius 1 is 1.09 bits per heavy atom. The summed E-state index contributed by atoms with van der Waals surface area (Å²) in [6, 6.07) is 10.8. The molecule has 0 unspecified atom stereocenters. The molecule has 2 atom stereocenters. The van der Waals surface area contributed by atoms with Gasteiger partial charge in [0.15, 0.2) is 5.76 Å². The molecule has 1 aromatic heterocycles. The first-order valence-electron chi connectivity index (χ1n) is 7.02. The number of imide groups is 1. The van der Waals surface area contributed by atoms with Crippen LogP contribution in [0.4, 0.5) is 5.69 Å². The molecule has 114 valence electrons. The number of nitrogens with zero attached hydrogens (tertiary/aromatic N) is 2. The Hall–Kier alpha value is -3.22. The van der Waals surface area contributed by atoms with Gasteiger partial charge in [-0.1, -0.05) is 18.2 Å². The summed E-state index contributed by atoms with van der Waals surface area (Å²) in [6.45, 7) is 0. The second kappa shape index (κ2) is 4.91. The summed E-state index contributed by atoms with van der Waals surface area (Å²) in [6.07, 6.45) is 1.37. The van der Waals surface area contributed by atoms with E-state index in [1.165, 1.54) is 12.3 Å². The van der Waals surface area contributed by atoms with Gasteiger partial charge in [-0.25, -0.2) is 4.90 Å². The van der Waals surface area contributed by atoms with Crippen LogP contribution in [0.1, 0.15) is 10.6 Å². The van der Waals surface area contributed by atoms with Gasteiger partial charge in [-0.3, -0.25) is 19.8 Å². The molecule has 2 aromatic rings. The third-order valence-electron chi connectivity index (χ3n) is 3.92. The topological polar surface area (TPSA) is 92.0 Å². The van der Waals surface area contributed by atoms with Crippen LogP contribution < -0.4 is 10.3 Å². The summed E-state index contributed by atoms with van der Waals surface area (Å²) in [5.74, 6) is -2.22. The van der Waals surface area contributed by atoms with Gasteiger partial charge in [-0.2, -0.15) is 5.10 Å². The number of para-hydroxylation sites is 1. The van der Waals surface area contributed by atoms with E-state index in [1.807, 2.05) is 0 Å². The van der Waals surface area contributed by atoms with Gasteiger partial charge >= 0.3 is 0 Å². The average Bonchev–Trinajstić information content (AvgIpc) is 3.28. The maximum Gasteiger partial charge on any atom is 0.259 e. The van der Waals surface area contributed by atoms with E-state index >= 15 is 0 Å². The smallest absolute Gasteiger partial charge is 0.259 e. The summed E-state index contributed by atoms with van der Waals surface area (Å²) in [7, 11) is 0. The minimum Gasteiger partial charge on any atom is -0.461 e. The van der Waals surface area contributed by atoms with Crippen LogP contribution >= 0.6 is 0 Å². The predicted octanol–water partition coefficient (Wildman–Crippen LogP) is 0.980. The molecule has 3 heterocycles. The van der Waals surface area contributed by atoms with Crippen LogP contribution in [0.2, 0.25) is 0 Å². The number of carbonyl (C=O) groups excluding carboxylic acids is 3. The minimum atomic E-state index is -0.930. The average molecular weight is 309 g/mol. The molecule has 0 saturated carbocycles. The maximum absolute atomic E-state index is 12.7. The zero-order valence-electron chi connectivity index (χ0n) is 11.8. The van der Waals surface area contributed by atoms with E-state index in [1.54, 1.807) is 36.4 Å². The number of amides is 2. The van der Waals surface area contributed by atoms with E-state index in [0.29, 0.717) is 5.69 Å². The molecule has 1 N–H and O–H groups in total. The molecule has 23 heavy (non-hydrogen) atoms. The van der Waals surface area contributed by atoms with Crippen LogP contribution in [0.15, 0.2) is 58.2 Å². The van der Waals surface area contributed by atoms with Crippen molar-refractivity contribution in [3.05, 3.63) is 54.5 Å². The zero-order valence-corrected chi connectivity index (χ0v) is 11.8. The van der Waals surface area contributed by atoms with Gasteiger partial charge in [-0.15, -0.1) is 0 Å². The van der Waals surface area contributed by atoms with Gasteiger partial charge < -0.3 is 4.42 Å². The molecule has 1 saturated heterocycles. The minimum absolute atomic E-state index is 0.00160. The Balaban J connectivity index is 1.69. The van der Waals surface area contributed by atoms with Crippen LogP contribution in [0.25, 0.3) is 0 Å². The number of nitrogens with one attached hydrogen (secondary N) is 1. The number of fused-ring (bicyclic) bond motifs is 1. The van der Waals surface area contributed by atoms with Crippen LogP contribution in [0.5, 0.6) is 0 Å². The highest BCUT2D eigenvalue weighted by Crippen LogP contribution is 2.31. The second-order valence-corrected chi connectivity index (χ2v) is 5.24. The molecule has 4 rings (SSSR count). The summed E-state index contributed by atoms with van der Waals surface area (Å²) >= 11 is 0. The van der Waals surface area contributed by atoms with Gasteiger partial charge in [0.05, 0.1) is 12.0 Å². The van der Waals surface area contributed by atoms with Crippen molar-refractivity contribution in [3.63, 3.8) is 0 Å². The molecule has 7 nitrogen and oxygen atoms in total.